The topological polar surface area (TPSA) is 96.6 Å². The van der Waals surface area contributed by atoms with E-state index >= 15 is 0 Å². The average molecular weight is 511 g/mol. The number of hydrogen-bond donors (Lipinski definition) is 1. The number of nitrogens with one attached hydrogen (secondary N) is 1. The summed E-state index contributed by atoms with van der Waals surface area (Å²) in [6.07, 6.45) is 0. The molecule has 9 nitrogen and oxygen atoms in total. The van der Waals surface area contributed by atoms with E-state index in [1.165, 1.54) is 4.68 Å². The maximum absolute atomic E-state index is 13.8. The van der Waals surface area contributed by atoms with Crippen molar-refractivity contribution in [3.8, 4) is 22.9 Å². The van der Waals surface area contributed by atoms with Crippen molar-refractivity contribution in [1.82, 2.24) is 19.7 Å². The lowest BCUT2D eigenvalue weighted by Gasteiger charge is -2.21. The summed E-state index contributed by atoms with van der Waals surface area (Å²) >= 11 is 0. The number of hydrogen-bond acceptors (Lipinski definition) is 6. The normalized spacial score (nSPS) is 13.4. The fourth-order valence-corrected chi connectivity index (χ4v) is 4.91. The van der Waals surface area contributed by atoms with Crippen molar-refractivity contribution in [2.45, 2.75) is 13.0 Å². The number of carbonyl (C=O) groups is 1. The predicted octanol–water partition coefficient (Wildman–Crippen LogP) is 4.15. The Bertz CT molecular complexity index is 1750. The highest BCUT2D eigenvalue weighted by molar-refractivity contribution is 6.16. The van der Waals surface area contributed by atoms with E-state index in [9.17, 15) is 9.59 Å². The lowest BCUT2D eigenvalue weighted by atomic mass is 10.1. The Kier molecular flexibility index (Phi) is 5.75. The van der Waals surface area contributed by atoms with E-state index in [0.29, 0.717) is 47.1 Å². The maximum Gasteiger partial charge on any atom is 0.296 e. The van der Waals surface area contributed by atoms with Gasteiger partial charge in [-0.1, -0.05) is 24.3 Å². The van der Waals surface area contributed by atoms with Crippen LogP contribution in [0.2, 0.25) is 0 Å². The molecule has 5 aromatic rings. The van der Waals surface area contributed by atoms with Gasteiger partial charge in [0.05, 0.1) is 18.8 Å². The van der Waals surface area contributed by atoms with E-state index in [1.807, 2.05) is 61.0 Å². The molecule has 0 saturated heterocycles. The second-order valence-corrected chi connectivity index (χ2v) is 9.16. The average Bonchev–Trinajstić information content (AvgIpc) is 3.26. The first-order chi connectivity index (χ1) is 18.5. The third-order valence-electron chi connectivity index (χ3n) is 6.88. The maximum atomic E-state index is 13.8. The van der Waals surface area contributed by atoms with Crippen molar-refractivity contribution in [2.75, 3.05) is 20.3 Å². The Balaban J connectivity index is 1.48. The van der Waals surface area contributed by atoms with E-state index < -0.39 is 5.91 Å². The van der Waals surface area contributed by atoms with E-state index in [2.05, 4.69) is 10.4 Å². The van der Waals surface area contributed by atoms with Gasteiger partial charge in [0, 0.05) is 23.3 Å². The molecule has 1 aliphatic rings. The van der Waals surface area contributed by atoms with E-state index in [0.717, 1.165) is 16.5 Å². The summed E-state index contributed by atoms with van der Waals surface area (Å²) in [5.74, 6) is 1.59. The molecule has 0 bridgehead atoms. The van der Waals surface area contributed by atoms with Gasteiger partial charge in [0.2, 0.25) is 0 Å². The van der Waals surface area contributed by atoms with Crippen molar-refractivity contribution in [3.63, 3.8) is 0 Å². The second-order valence-electron chi connectivity index (χ2n) is 9.16. The Hall–Kier alpha value is -4.79. The van der Waals surface area contributed by atoms with Gasteiger partial charge in [-0.2, -0.15) is 9.78 Å². The number of nitrogens with zero attached hydrogens (tertiary/aromatic N) is 3. The quantitative estimate of drug-likeness (QED) is 0.382. The minimum atomic E-state index is -0.393. The van der Waals surface area contributed by atoms with Crippen LogP contribution in [0.3, 0.4) is 0 Å². The predicted molar refractivity (Wildman–Crippen MR) is 144 cm³/mol. The monoisotopic (exact) mass is 510 g/mol. The molecule has 0 fully saturated rings. The Morgan fingerprint density at radius 3 is 2.53 bits per heavy atom. The summed E-state index contributed by atoms with van der Waals surface area (Å²) in [5.41, 5.74) is 2.46. The molecule has 3 heterocycles. The summed E-state index contributed by atoms with van der Waals surface area (Å²) in [7, 11) is 3.40. The molecule has 2 aromatic heterocycles. The van der Waals surface area contributed by atoms with E-state index in [1.54, 1.807) is 31.4 Å². The standard InChI is InChI=1S/C29H26N4O5/c1-17(18-8-13-23-24(16-18)38-15-14-37-23)30-28(34)26-25-21-6-4-5-7-22(21)32(2)27(25)29(35)33(31-26)19-9-11-20(36-3)12-10-19/h4-13,16-17H,14-15H2,1-3H3,(H,30,34)/t17-/m0/s1. The minimum absolute atomic E-state index is 0.164. The molecule has 0 unspecified atom stereocenters. The first-order valence-electron chi connectivity index (χ1n) is 12.3. The van der Waals surface area contributed by atoms with Crippen LogP contribution in [0.25, 0.3) is 27.5 Å². The molecule has 0 aliphatic carbocycles. The number of rotatable bonds is 5. The molecule has 38 heavy (non-hydrogen) atoms. The number of ether oxygens (including phenoxy) is 3. The number of aromatic nitrogens is 3. The van der Waals surface area contributed by atoms with Crippen molar-refractivity contribution in [1.29, 1.82) is 0 Å². The molecule has 0 radical (unpaired) electrons. The van der Waals surface area contributed by atoms with Crippen LogP contribution in [-0.4, -0.2) is 40.6 Å². The largest absolute Gasteiger partial charge is 0.497 e. The molecule has 1 N–H and O–H groups in total. The van der Waals surface area contributed by atoms with Crippen LogP contribution in [0.15, 0.2) is 71.5 Å². The molecule has 1 aliphatic heterocycles. The van der Waals surface area contributed by atoms with Crippen molar-refractivity contribution in [3.05, 3.63) is 88.3 Å². The third-order valence-corrected chi connectivity index (χ3v) is 6.88. The fourth-order valence-electron chi connectivity index (χ4n) is 4.91. The van der Waals surface area contributed by atoms with Gasteiger partial charge in [0.1, 0.15) is 24.5 Å². The van der Waals surface area contributed by atoms with Crippen LogP contribution in [0, 0.1) is 0 Å². The molecular weight excluding hydrogens is 484 g/mol. The lowest BCUT2D eigenvalue weighted by molar-refractivity contribution is 0.0935. The molecular formula is C29H26N4O5. The highest BCUT2D eigenvalue weighted by Gasteiger charge is 2.25. The van der Waals surface area contributed by atoms with Crippen LogP contribution in [0.4, 0.5) is 0 Å². The van der Waals surface area contributed by atoms with Crippen molar-refractivity contribution in [2.24, 2.45) is 7.05 Å². The molecule has 3 aromatic carbocycles. The molecule has 1 amide bonds. The van der Waals surface area contributed by atoms with Gasteiger partial charge in [-0.05, 0) is 55.0 Å². The molecule has 0 saturated carbocycles. The van der Waals surface area contributed by atoms with E-state index in [-0.39, 0.29) is 17.3 Å². The SMILES string of the molecule is COc1ccc(-n2nc(C(=O)N[C@@H](C)c3ccc4c(c3)OCCO4)c3c4ccccc4n(C)c3c2=O)cc1. The van der Waals surface area contributed by atoms with Gasteiger partial charge >= 0.3 is 0 Å². The number of fused-ring (bicyclic) bond motifs is 4. The first kappa shape index (κ1) is 23.6. The number of para-hydroxylation sites is 1. The Morgan fingerprint density at radius 1 is 1.03 bits per heavy atom. The number of methoxy groups -OCH3 is 1. The third kappa shape index (κ3) is 3.83. The summed E-state index contributed by atoms with van der Waals surface area (Å²) < 4.78 is 19.7. The second kappa shape index (κ2) is 9.26. The number of amides is 1. The van der Waals surface area contributed by atoms with Gasteiger partial charge in [-0.25, -0.2) is 0 Å². The summed E-state index contributed by atoms with van der Waals surface area (Å²) in [6.45, 7) is 2.88. The van der Waals surface area contributed by atoms with Gasteiger partial charge < -0.3 is 24.1 Å². The van der Waals surface area contributed by atoms with Crippen LogP contribution >= 0.6 is 0 Å². The zero-order valence-electron chi connectivity index (χ0n) is 21.2. The summed E-state index contributed by atoms with van der Waals surface area (Å²) in [4.78, 5) is 27.5. The minimum Gasteiger partial charge on any atom is -0.497 e. The van der Waals surface area contributed by atoms with Gasteiger partial charge in [-0.15, -0.1) is 0 Å². The number of aryl methyl sites for hydroxylation is 1. The molecule has 0 spiro atoms. The molecule has 9 heteroatoms. The first-order valence-corrected chi connectivity index (χ1v) is 12.3. The number of carbonyl (C=O) groups excluding carboxylic acids is 1. The highest BCUT2D eigenvalue weighted by Crippen LogP contribution is 2.33. The van der Waals surface area contributed by atoms with E-state index in [4.69, 9.17) is 14.2 Å². The Labute approximate surface area is 218 Å². The summed E-state index contributed by atoms with van der Waals surface area (Å²) in [5, 5.41) is 8.96. The van der Waals surface area contributed by atoms with Crippen molar-refractivity contribution < 1.29 is 19.0 Å². The fraction of sp³-hybridized carbons (Fsp3) is 0.207. The smallest absolute Gasteiger partial charge is 0.296 e. The van der Waals surface area contributed by atoms with Crippen molar-refractivity contribution >= 4 is 27.7 Å². The van der Waals surface area contributed by atoms with Gasteiger partial charge in [0.25, 0.3) is 11.5 Å². The zero-order valence-corrected chi connectivity index (χ0v) is 21.2. The van der Waals surface area contributed by atoms with Gasteiger partial charge in [-0.3, -0.25) is 9.59 Å². The zero-order chi connectivity index (χ0) is 26.4. The highest BCUT2D eigenvalue weighted by atomic mass is 16.6. The lowest BCUT2D eigenvalue weighted by Crippen LogP contribution is -2.32. The molecule has 192 valence electrons. The number of benzene rings is 3. The van der Waals surface area contributed by atoms with Crippen LogP contribution in [0.1, 0.15) is 29.0 Å². The molecule has 6 rings (SSSR count). The Morgan fingerprint density at radius 2 is 1.76 bits per heavy atom. The van der Waals surface area contributed by atoms with Crippen LogP contribution < -0.4 is 25.1 Å². The van der Waals surface area contributed by atoms with Crippen LogP contribution in [0.5, 0.6) is 17.2 Å². The summed E-state index contributed by atoms with van der Waals surface area (Å²) in [6, 6.07) is 19.8. The van der Waals surface area contributed by atoms with Crippen LogP contribution in [-0.2, 0) is 7.05 Å². The molecule has 1 atom stereocenters. The van der Waals surface area contributed by atoms with Gasteiger partial charge in [0.15, 0.2) is 17.2 Å².